The van der Waals surface area contributed by atoms with Gasteiger partial charge in [0.15, 0.2) is 0 Å². The highest BCUT2D eigenvalue weighted by molar-refractivity contribution is 5.09. The van der Waals surface area contributed by atoms with Gasteiger partial charge in [0.05, 0.1) is 18.5 Å². The number of rotatable bonds is 10. The molecule has 114 valence electrons. The van der Waals surface area contributed by atoms with Gasteiger partial charge in [-0.3, -0.25) is 4.98 Å². The maximum atomic E-state index is 5.55. The standard InChI is InChI=1S/C16H29N3O/c1-5-7-18-14(9-13(3)4)10-15-11-17-12-16(19-15)20-8-6-2/h11-14,18H,5-10H2,1-4H3. The molecule has 0 aliphatic carbocycles. The summed E-state index contributed by atoms with van der Waals surface area (Å²) in [6.45, 7) is 10.5. The van der Waals surface area contributed by atoms with Gasteiger partial charge in [-0.25, -0.2) is 4.98 Å². The molecule has 4 heteroatoms. The first-order chi connectivity index (χ1) is 9.65. The number of hydrogen-bond acceptors (Lipinski definition) is 4. The van der Waals surface area contributed by atoms with Crippen LogP contribution in [0.25, 0.3) is 0 Å². The SMILES string of the molecule is CCCNC(Cc1cncc(OCCC)n1)CC(C)C. The maximum Gasteiger partial charge on any atom is 0.232 e. The molecule has 0 spiro atoms. The van der Waals surface area contributed by atoms with E-state index < -0.39 is 0 Å². The highest BCUT2D eigenvalue weighted by Gasteiger charge is 2.12. The van der Waals surface area contributed by atoms with Crippen LogP contribution in [0.4, 0.5) is 0 Å². The van der Waals surface area contributed by atoms with E-state index in [1.54, 1.807) is 6.20 Å². The molecule has 0 saturated heterocycles. The topological polar surface area (TPSA) is 47.0 Å². The van der Waals surface area contributed by atoms with Gasteiger partial charge < -0.3 is 10.1 Å². The second-order valence-corrected chi connectivity index (χ2v) is 5.68. The van der Waals surface area contributed by atoms with Gasteiger partial charge >= 0.3 is 0 Å². The molecule has 0 aromatic carbocycles. The van der Waals surface area contributed by atoms with Crippen molar-refractivity contribution >= 4 is 0 Å². The van der Waals surface area contributed by atoms with E-state index in [2.05, 4.69) is 43.0 Å². The molecule has 0 radical (unpaired) electrons. The van der Waals surface area contributed by atoms with E-state index in [1.807, 2.05) is 6.20 Å². The van der Waals surface area contributed by atoms with Crippen LogP contribution in [0, 0.1) is 5.92 Å². The highest BCUT2D eigenvalue weighted by Crippen LogP contribution is 2.12. The van der Waals surface area contributed by atoms with Crippen LogP contribution >= 0.6 is 0 Å². The Kier molecular flexibility index (Phi) is 8.19. The number of nitrogens with zero attached hydrogens (tertiary/aromatic N) is 2. The van der Waals surface area contributed by atoms with Gasteiger partial charge in [0.25, 0.3) is 0 Å². The lowest BCUT2D eigenvalue weighted by atomic mass is 10.00. The molecule has 1 aromatic rings. The minimum Gasteiger partial charge on any atom is -0.477 e. The number of hydrogen-bond donors (Lipinski definition) is 1. The fourth-order valence-electron chi connectivity index (χ4n) is 2.17. The Labute approximate surface area is 123 Å². The zero-order valence-corrected chi connectivity index (χ0v) is 13.4. The molecule has 1 rings (SSSR count). The molecule has 0 amide bonds. The van der Waals surface area contributed by atoms with Crippen molar-refractivity contribution in [2.45, 2.75) is 59.4 Å². The van der Waals surface area contributed by atoms with Crippen molar-refractivity contribution in [2.75, 3.05) is 13.2 Å². The maximum absolute atomic E-state index is 5.55. The van der Waals surface area contributed by atoms with Gasteiger partial charge in [0, 0.05) is 18.7 Å². The quantitative estimate of drug-likeness (QED) is 0.714. The zero-order valence-electron chi connectivity index (χ0n) is 13.4. The summed E-state index contributed by atoms with van der Waals surface area (Å²) in [4.78, 5) is 8.78. The average Bonchev–Trinajstić information content (AvgIpc) is 2.42. The lowest BCUT2D eigenvalue weighted by molar-refractivity contribution is 0.302. The average molecular weight is 279 g/mol. The van der Waals surface area contributed by atoms with E-state index in [-0.39, 0.29) is 0 Å². The molecule has 0 bridgehead atoms. The summed E-state index contributed by atoms with van der Waals surface area (Å²) in [6, 6.07) is 0.464. The molecule has 4 nitrogen and oxygen atoms in total. The Balaban J connectivity index is 2.61. The molecule has 0 aliphatic heterocycles. The third-order valence-corrected chi connectivity index (χ3v) is 3.01. The summed E-state index contributed by atoms with van der Waals surface area (Å²) in [5, 5.41) is 3.60. The van der Waals surface area contributed by atoms with E-state index in [0.717, 1.165) is 37.9 Å². The summed E-state index contributed by atoms with van der Waals surface area (Å²) in [7, 11) is 0. The first kappa shape index (κ1) is 16.9. The second kappa shape index (κ2) is 9.70. The normalized spacial score (nSPS) is 12.7. The Morgan fingerprint density at radius 1 is 1.20 bits per heavy atom. The third-order valence-electron chi connectivity index (χ3n) is 3.01. The van der Waals surface area contributed by atoms with Crippen molar-refractivity contribution in [1.29, 1.82) is 0 Å². The second-order valence-electron chi connectivity index (χ2n) is 5.68. The van der Waals surface area contributed by atoms with E-state index in [1.165, 1.54) is 0 Å². The van der Waals surface area contributed by atoms with Crippen LogP contribution in [0.3, 0.4) is 0 Å². The molecule has 1 heterocycles. The largest absolute Gasteiger partial charge is 0.477 e. The van der Waals surface area contributed by atoms with Gasteiger partial charge in [-0.05, 0) is 31.7 Å². The van der Waals surface area contributed by atoms with Gasteiger partial charge in [-0.15, -0.1) is 0 Å². The van der Waals surface area contributed by atoms with Crippen LogP contribution in [0.5, 0.6) is 5.88 Å². The first-order valence-corrected chi connectivity index (χ1v) is 7.82. The highest BCUT2D eigenvalue weighted by atomic mass is 16.5. The molecular formula is C16H29N3O. The molecule has 20 heavy (non-hydrogen) atoms. The lowest BCUT2D eigenvalue weighted by Crippen LogP contribution is -2.33. The predicted molar refractivity (Wildman–Crippen MR) is 83.1 cm³/mol. The van der Waals surface area contributed by atoms with E-state index >= 15 is 0 Å². The van der Waals surface area contributed by atoms with Crippen molar-refractivity contribution in [3.05, 3.63) is 18.1 Å². The van der Waals surface area contributed by atoms with Crippen molar-refractivity contribution in [3.63, 3.8) is 0 Å². The predicted octanol–water partition coefficient (Wildman–Crippen LogP) is 3.22. The summed E-state index contributed by atoms with van der Waals surface area (Å²) >= 11 is 0. The Bertz CT molecular complexity index is 368. The van der Waals surface area contributed by atoms with Crippen molar-refractivity contribution < 1.29 is 4.74 Å². The van der Waals surface area contributed by atoms with Crippen molar-refractivity contribution in [1.82, 2.24) is 15.3 Å². The first-order valence-electron chi connectivity index (χ1n) is 7.82. The molecule has 0 saturated carbocycles. The Hall–Kier alpha value is -1.16. The fourth-order valence-corrected chi connectivity index (χ4v) is 2.17. The lowest BCUT2D eigenvalue weighted by Gasteiger charge is -2.20. The smallest absolute Gasteiger partial charge is 0.232 e. The Morgan fingerprint density at radius 2 is 2.00 bits per heavy atom. The third kappa shape index (κ3) is 6.85. The minimum absolute atomic E-state index is 0.464. The van der Waals surface area contributed by atoms with Gasteiger partial charge in [0.1, 0.15) is 0 Å². The van der Waals surface area contributed by atoms with E-state index in [9.17, 15) is 0 Å². The monoisotopic (exact) mass is 279 g/mol. The number of nitrogens with one attached hydrogen (secondary N) is 1. The molecule has 1 unspecified atom stereocenters. The van der Waals surface area contributed by atoms with Gasteiger partial charge in [-0.1, -0.05) is 27.7 Å². The number of ether oxygens (including phenoxy) is 1. The van der Waals surface area contributed by atoms with Crippen LogP contribution in [0.1, 0.15) is 52.7 Å². The fraction of sp³-hybridized carbons (Fsp3) is 0.750. The Morgan fingerprint density at radius 3 is 2.65 bits per heavy atom. The van der Waals surface area contributed by atoms with Crippen molar-refractivity contribution in [2.24, 2.45) is 5.92 Å². The van der Waals surface area contributed by atoms with Gasteiger partial charge in [0.2, 0.25) is 5.88 Å². The summed E-state index contributed by atoms with van der Waals surface area (Å²) < 4.78 is 5.55. The molecule has 1 N–H and O–H groups in total. The molecule has 0 fully saturated rings. The molecule has 1 atom stereocenters. The van der Waals surface area contributed by atoms with Crippen LogP contribution in [0.2, 0.25) is 0 Å². The van der Waals surface area contributed by atoms with E-state index in [4.69, 9.17) is 4.74 Å². The molecule has 0 aliphatic rings. The molecule has 1 aromatic heterocycles. The van der Waals surface area contributed by atoms with Crippen LogP contribution in [-0.4, -0.2) is 29.2 Å². The van der Waals surface area contributed by atoms with Crippen LogP contribution in [-0.2, 0) is 6.42 Å². The summed E-state index contributed by atoms with van der Waals surface area (Å²) in [6.07, 6.45) is 7.74. The summed E-state index contributed by atoms with van der Waals surface area (Å²) in [5.41, 5.74) is 1.01. The van der Waals surface area contributed by atoms with Gasteiger partial charge in [-0.2, -0.15) is 0 Å². The number of aromatic nitrogens is 2. The zero-order chi connectivity index (χ0) is 14.8. The summed E-state index contributed by atoms with van der Waals surface area (Å²) in [5.74, 6) is 1.32. The molecular weight excluding hydrogens is 250 g/mol. The van der Waals surface area contributed by atoms with E-state index in [0.29, 0.717) is 24.4 Å². The van der Waals surface area contributed by atoms with Crippen LogP contribution in [0.15, 0.2) is 12.4 Å². The minimum atomic E-state index is 0.464. The van der Waals surface area contributed by atoms with Crippen molar-refractivity contribution in [3.8, 4) is 5.88 Å². The van der Waals surface area contributed by atoms with Crippen LogP contribution < -0.4 is 10.1 Å².